The van der Waals surface area contributed by atoms with E-state index >= 15 is 0 Å². The van der Waals surface area contributed by atoms with Crippen molar-refractivity contribution < 1.29 is 22.7 Å². The molecule has 0 fully saturated rings. The Balaban J connectivity index is 1.87. The first-order chi connectivity index (χ1) is 11.9. The predicted octanol–water partition coefficient (Wildman–Crippen LogP) is 3.85. The summed E-state index contributed by atoms with van der Waals surface area (Å²) in [5.74, 6) is 0. The van der Waals surface area contributed by atoms with Gasteiger partial charge in [0.2, 0.25) is 0 Å². The number of methoxy groups -OCH3 is 1. The van der Waals surface area contributed by atoms with Gasteiger partial charge in [-0.25, -0.2) is 4.79 Å². The lowest BCUT2D eigenvalue weighted by Gasteiger charge is -2.12. The molecule has 0 radical (unpaired) electrons. The second kappa shape index (κ2) is 8.53. The van der Waals surface area contributed by atoms with Crippen LogP contribution in [0.5, 0.6) is 0 Å². The fraction of sp³-hybridized carbons (Fsp3) is 0.278. The summed E-state index contributed by atoms with van der Waals surface area (Å²) < 4.78 is 43.1. The molecule has 0 aliphatic rings. The minimum Gasteiger partial charge on any atom is -0.380 e. The molecular formula is C18H19F3N2O2. The molecule has 2 amide bonds. The zero-order valence-corrected chi connectivity index (χ0v) is 13.7. The number of hydrogen-bond donors (Lipinski definition) is 2. The number of halogens is 3. The minimum atomic E-state index is -4.40. The highest BCUT2D eigenvalue weighted by molar-refractivity contribution is 5.73. The number of hydrogen-bond acceptors (Lipinski definition) is 2. The zero-order chi connectivity index (χ0) is 18.3. The minimum absolute atomic E-state index is 0.00940. The van der Waals surface area contributed by atoms with E-state index in [1.54, 1.807) is 7.11 Å². The fourth-order valence-corrected chi connectivity index (χ4v) is 2.30. The number of carbonyl (C=O) groups excluding carboxylic acids is 1. The van der Waals surface area contributed by atoms with Gasteiger partial charge in [-0.05, 0) is 28.8 Å². The van der Waals surface area contributed by atoms with E-state index in [9.17, 15) is 18.0 Å². The third kappa shape index (κ3) is 5.79. The van der Waals surface area contributed by atoms with Crippen molar-refractivity contribution in [3.8, 4) is 0 Å². The van der Waals surface area contributed by atoms with Gasteiger partial charge in [-0.15, -0.1) is 0 Å². The van der Waals surface area contributed by atoms with E-state index in [0.717, 1.165) is 23.3 Å². The molecule has 0 unspecified atom stereocenters. The summed E-state index contributed by atoms with van der Waals surface area (Å²) in [7, 11) is 1.59. The van der Waals surface area contributed by atoms with E-state index in [0.29, 0.717) is 18.7 Å². The molecule has 0 saturated heterocycles. The van der Waals surface area contributed by atoms with Gasteiger partial charge in [0.15, 0.2) is 0 Å². The van der Waals surface area contributed by atoms with E-state index < -0.39 is 17.8 Å². The summed E-state index contributed by atoms with van der Waals surface area (Å²) in [4.78, 5) is 11.9. The van der Waals surface area contributed by atoms with E-state index in [4.69, 9.17) is 4.74 Å². The van der Waals surface area contributed by atoms with Crippen molar-refractivity contribution in [1.82, 2.24) is 10.6 Å². The molecule has 7 heteroatoms. The first-order valence-corrected chi connectivity index (χ1v) is 7.63. The van der Waals surface area contributed by atoms with Gasteiger partial charge >= 0.3 is 12.2 Å². The smallest absolute Gasteiger partial charge is 0.380 e. The Hall–Kier alpha value is -2.54. The molecule has 0 atom stereocenters. The molecule has 0 aliphatic carbocycles. The average Bonchev–Trinajstić information content (AvgIpc) is 2.59. The quantitative estimate of drug-likeness (QED) is 0.830. The highest BCUT2D eigenvalue weighted by Gasteiger charge is 2.30. The van der Waals surface area contributed by atoms with E-state index in [1.165, 1.54) is 12.1 Å². The van der Waals surface area contributed by atoms with E-state index in [2.05, 4.69) is 10.6 Å². The Kier molecular flexibility index (Phi) is 6.41. The van der Waals surface area contributed by atoms with Gasteiger partial charge in [-0.3, -0.25) is 0 Å². The van der Waals surface area contributed by atoms with Gasteiger partial charge in [0, 0.05) is 20.2 Å². The van der Waals surface area contributed by atoms with Crippen molar-refractivity contribution in [2.45, 2.75) is 25.9 Å². The van der Waals surface area contributed by atoms with Crippen molar-refractivity contribution in [1.29, 1.82) is 0 Å². The molecule has 134 valence electrons. The Morgan fingerprint density at radius 3 is 2.36 bits per heavy atom. The van der Waals surface area contributed by atoms with Crippen LogP contribution in [-0.4, -0.2) is 13.1 Å². The maximum atomic E-state index is 12.7. The number of nitrogens with one attached hydrogen (secondary N) is 2. The molecule has 2 rings (SSSR count). The Bertz CT molecular complexity index is 717. The topological polar surface area (TPSA) is 50.4 Å². The highest BCUT2D eigenvalue weighted by atomic mass is 19.4. The monoisotopic (exact) mass is 352 g/mol. The third-order valence-corrected chi connectivity index (χ3v) is 3.57. The standard InChI is InChI=1S/C18H19F3N2O2/c1-25-12-15-7-3-2-6-14(15)11-23-17(24)22-10-13-5-4-8-16(9-13)18(19,20)21/h2-9H,10-12H2,1H3,(H2,22,23,24). The van der Waals surface area contributed by atoms with Crippen molar-refractivity contribution in [2.24, 2.45) is 0 Å². The van der Waals surface area contributed by atoms with Gasteiger partial charge in [-0.1, -0.05) is 36.4 Å². The van der Waals surface area contributed by atoms with Crippen molar-refractivity contribution in [3.63, 3.8) is 0 Å². The van der Waals surface area contributed by atoms with Gasteiger partial charge in [-0.2, -0.15) is 13.2 Å². The Morgan fingerprint density at radius 1 is 1.00 bits per heavy atom. The SMILES string of the molecule is COCc1ccccc1CNC(=O)NCc1cccc(C(F)(F)F)c1. The van der Waals surface area contributed by atoms with Gasteiger partial charge in [0.1, 0.15) is 0 Å². The first kappa shape index (κ1) is 18.8. The molecule has 4 nitrogen and oxygen atoms in total. The van der Waals surface area contributed by atoms with Crippen LogP contribution >= 0.6 is 0 Å². The second-order valence-corrected chi connectivity index (χ2v) is 5.44. The molecule has 0 aromatic heterocycles. The average molecular weight is 352 g/mol. The molecule has 0 saturated carbocycles. The van der Waals surface area contributed by atoms with Gasteiger partial charge in [0.05, 0.1) is 12.2 Å². The Labute approximate surface area is 144 Å². The molecule has 0 spiro atoms. The Morgan fingerprint density at radius 2 is 1.68 bits per heavy atom. The first-order valence-electron chi connectivity index (χ1n) is 7.63. The van der Waals surface area contributed by atoms with Crippen molar-refractivity contribution in [2.75, 3.05) is 7.11 Å². The number of ether oxygens (including phenoxy) is 1. The summed E-state index contributed by atoms with van der Waals surface area (Å²) in [6.45, 7) is 0.743. The molecule has 25 heavy (non-hydrogen) atoms. The number of rotatable bonds is 6. The largest absolute Gasteiger partial charge is 0.416 e. The normalized spacial score (nSPS) is 11.2. The maximum Gasteiger partial charge on any atom is 0.416 e. The summed E-state index contributed by atoms with van der Waals surface area (Å²) in [6.07, 6.45) is -4.40. The summed E-state index contributed by atoms with van der Waals surface area (Å²) in [5.41, 5.74) is 1.52. The van der Waals surface area contributed by atoms with Crippen LogP contribution < -0.4 is 10.6 Å². The lowest BCUT2D eigenvalue weighted by atomic mass is 10.1. The van der Waals surface area contributed by atoms with Crippen LogP contribution in [0.25, 0.3) is 0 Å². The van der Waals surface area contributed by atoms with Crippen LogP contribution in [-0.2, 0) is 30.6 Å². The van der Waals surface area contributed by atoms with Gasteiger partial charge in [0.25, 0.3) is 0 Å². The summed E-state index contributed by atoms with van der Waals surface area (Å²) in [6, 6.07) is 11.9. The van der Waals surface area contributed by atoms with Crippen LogP contribution in [0.1, 0.15) is 22.3 Å². The molecule has 0 bridgehead atoms. The van der Waals surface area contributed by atoms with Crippen LogP contribution in [0.4, 0.5) is 18.0 Å². The third-order valence-electron chi connectivity index (χ3n) is 3.57. The lowest BCUT2D eigenvalue weighted by molar-refractivity contribution is -0.137. The number of urea groups is 1. The molecule has 2 N–H and O–H groups in total. The molecule has 2 aromatic carbocycles. The number of alkyl halides is 3. The van der Waals surface area contributed by atoms with Crippen molar-refractivity contribution in [3.05, 3.63) is 70.8 Å². The van der Waals surface area contributed by atoms with Gasteiger partial charge < -0.3 is 15.4 Å². The summed E-state index contributed by atoms with van der Waals surface area (Å²) >= 11 is 0. The molecular weight excluding hydrogens is 333 g/mol. The molecule has 0 heterocycles. The molecule has 2 aromatic rings. The highest BCUT2D eigenvalue weighted by Crippen LogP contribution is 2.29. The predicted molar refractivity (Wildman–Crippen MR) is 87.7 cm³/mol. The maximum absolute atomic E-state index is 12.7. The van der Waals surface area contributed by atoms with Crippen LogP contribution in [0.3, 0.4) is 0 Å². The summed E-state index contributed by atoms with van der Waals surface area (Å²) in [5, 5.41) is 5.24. The fourth-order valence-electron chi connectivity index (χ4n) is 2.30. The zero-order valence-electron chi connectivity index (χ0n) is 13.7. The lowest BCUT2D eigenvalue weighted by Crippen LogP contribution is -2.34. The number of benzene rings is 2. The number of amides is 2. The van der Waals surface area contributed by atoms with Crippen LogP contribution in [0, 0.1) is 0 Å². The van der Waals surface area contributed by atoms with Crippen LogP contribution in [0.2, 0.25) is 0 Å². The number of carbonyl (C=O) groups is 1. The van der Waals surface area contributed by atoms with E-state index in [-0.39, 0.29) is 6.54 Å². The van der Waals surface area contributed by atoms with E-state index in [1.807, 2.05) is 24.3 Å². The molecule has 0 aliphatic heterocycles. The second-order valence-electron chi connectivity index (χ2n) is 5.44. The van der Waals surface area contributed by atoms with Crippen molar-refractivity contribution >= 4 is 6.03 Å². The van der Waals surface area contributed by atoms with Crippen LogP contribution in [0.15, 0.2) is 48.5 Å².